The Hall–Kier alpha value is -10.2. The Morgan fingerprint density at radius 3 is 0.918 bits per heavy atom. The number of para-hydroxylation sites is 4. The molecule has 1 heterocycles. The van der Waals surface area contributed by atoms with Gasteiger partial charge >= 0.3 is 0 Å². The summed E-state index contributed by atoms with van der Waals surface area (Å²) in [5.41, 5.74) is 19.4. The minimum Gasteiger partial charge on any atom is -0.311 e. The van der Waals surface area contributed by atoms with E-state index in [0.717, 1.165) is 95.4 Å². The quantitative estimate of drug-likeness (QED) is 0.130. The maximum Gasteiger partial charge on any atom is 0.101 e. The van der Waals surface area contributed by atoms with E-state index in [1.807, 2.05) is 12.1 Å². The lowest BCUT2D eigenvalue weighted by Crippen LogP contribution is -2.09. The average Bonchev–Trinajstić information content (AvgIpc) is 3.80. The molecule has 0 saturated carbocycles. The van der Waals surface area contributed by atoms with Crippen molar-refractivity contribution in [3.8, 4) is 62.3 Å². The first-order chi connectivity index (χ1) is 36.1. The molecular weight excluding hydrogens is 887 g/mol. The molecule has 0 fully saturated rings. The van der Waals surface area contributed by atoms with Crippen molar-refractivity contribution < 1.29 is 0 Å². The molecule has 1 aromatic heterocycles. The number of aromatic nitrogens is 1. The van der Waals surface area contributed by atoms with E-state index in [-0.39, 0.29) is 0 Å². The number of anilines is 6. The van der Waals surface area contributed by atoms with Gasteiger partial charge in [0.25, 0.3) is 0 Å². The first-order valence-electron chi connectivity index (χ1n) is 24.4. The van der Waals surface area contributed by atoms with Crippen molar-refractivity contribution in [2.45, 2.75) is 0 Å². The SMILES string of the molecule is N#Cc1ccc(-c2ccc(-c3ccc(N(c4ccccc4)c4ccc(-c5ccc6c(c5)c5cc(-c7ccc(N(c8ccccc8)c8ccccc8)cc7)ccc5n6-c5ccccc5)cc4)cc3)cc2)cc1C#N. The molecule has 12 aromatic rings. The molecule has 5 heteroatoms. The van der Waals surface area contributed by atoms with Gasteiger partial charge in [0.05, 0.1) is 22.2 Å². The van der Waals surface area contributed by atoms with Crippen LogP contribution in [0.25, 0.3) is 72.0 Å². The Balaban J connectivity index is 0.864. The van der Waals surface area contributed by atoms with Crippen LogP contribution in [0.3, 0.4) is 0 Å². The smallest absolute Gasteiger partial charge is 0.101 e. The van der Waals surface area contributed by atoms with Gasteiger partial charge in [-0.15, -0.1) is 0 Å². The van der Waals surface area contributed by atoms with Crippen LogP contribution in [0.4, 0.5) is 34.1 Å². The molecule has 0 aliphatic heterocycles. The van der Waals surface area contributed by atoms with E-state index in [9.17, 15) is 10.5 Å². The number of nitriles is 2. The molecular formula is C68H45N5. The lowest BCUT2D eigenvalue weighted by atomic mass is 9.97. The fourth-order valence-corrected chi connectivity index (χ4v) is 10.0. The van der Waals surface area contributed by atoms with E-state index in [1.54, 1.807) is 12.1 Å². The third-order valence-corrected chi connectivity index (χ3v) is 13.7. The maximum absolute atomic E-state index is 9.56. The fraction of sp³-hybridized carbons (Fsp3) is 0. The van der Waals surface area contributed by atoms with Gasteiger partial charge in [0.15, 0.2) is 0 Å². The van der Waals surface area contributed by atoms with Gasteiger partial charge in [0.2, 0.25) is 0 Å². The molecule has 0 aliphatic rings. The third-order valence-electron chi connectivity index (χ3n) is 13.7. The number of hydrogen-bond donors (Lipinski definition) is 0. The van der Waals surface area contributed by atoms with Crippen molar-refractivity contribution in [3.63, 3.8) is 0 Å². The van der Waals surface area contributed by atoms with Gasteiger partial charge in [-0.2, -0.15) is 10.5 Å². The summed E-state index contributed by atoms with van der Waals surface area (Å²) in [7, 11) is 0. The van der Waals surface area contributed by atoms with Crippen LogP contribution in [0.5, 0.6) is 0 Å². The minimum absolute atomic E-state index is 0.381. The van der Waals surface area contributed by atoms with Gasteiger partial charge < -0.3 is 14.4 Å². The maximum atomic E-state index is 9.56. The lowest BCUT2D eigenvalue weighted by Gasteiger charge is -2.26. The van der Waals surface area contributed by atoms with Gasteiger partial charge in [-0.3, -0.25) is 0 Å². The number of hydrogen-bond acceptors (Lipinski definition) is 4. The summed E-state index contributed by atoms with van der Waals surface area (Å²) >= 11 is 0. The van der Waals surface area contributed by atoms with Gasteiger partial charge in [0, 0.05) is 50.6 Å². The zero-order valence-electron chi connectivity index (χ0n) is 39.7. The highest BCUT2D eigenvalue weighted by atomic mass is 15.1. The number of nitrogens with zero attached hydrogens (tertiary/aromatic N) is 5. The Morgan fingerprint density at radius 1 is 0.260 bits per heavy atom. The van der Waals surface area contributed by atoms with Crippen molar-refractivity contribution in [2.75, 3.05) is 9.80 Å². The number of fused-ring (bicyclic) bond motifs is 3. The van der Waals surface area contributed by atoms with Gasteiger partial charge in [0.1, 0.15) is 12.1 Å². The van der Waals surface area contributed by atoms with Crippen LogP contribution >= 0.6 is 0 Å². The van der Waals surface area contributed by atoms with Crippen LogP contribution < -0.4 is 9.80 Å². The van der Waals surface area contributed by atoms with E-state index in [4.69, 9.17) is 0 Å². The van der Waals surface area contributed by atoms with Gasteiger partial charge in [-0.25, -0.2) is 0 Å². The largest absolute Gasteiger partial charge is 0.311 e. The molecule has 12 rings (SSSR count). The predicted octanol–water partition coefficient (Wildman–Crippen LogP) is 18.1. The number of benzene rings is 11. The molecule has 0 bridgehead atoms. The molecule has 0 radical (unpaired) electrons. The summed E-state index contributed by atoms with van der Waals surface area (Å²) in [4.78, 5) is 4.59. The molecule has 11 aromatic carbocycles. The second-order valence-electron chi connectivity index (χ2n) is 18.0. The fourth-order valence-electron chi connectivity index (χ4n) is 10.0. The standard InChI is InChI=1S/C68H45N5/c69-46-56-26-25-53(43-57(56)47-70)50-23-21-48(22-24-50)49-27-35-63(36-28-49)72(60-17-9-3-10-18-60)64-39-31-52(32-40-64)55-34-42-68-66(45-55)65-44-54(33-41-67(65)73(68)61-19-11-4-12-20-61)51-29-37-62(38-30-51)71(58-13-5-1-6-14-58)59-15-7-2-8-16-59/h1-45H. The number of rotatable bonds is 11. The Bertz CT molecular complexity index is 3950. The van der Waals surface area contributed by atoms with Crippen molar-refractivity contribution in [1.29, 1.82) is 10.5 Å². The van der Waals surface area contributed by atoms with Gasteiger partial charge in [-0.1, -0.05) is 152 Å². The van der Waals surface area contributed by atoms with Crippen LogP contribution in [0.2, 0.25) is 0 Å². The Kier molecular flexibility index (Phi) is 11.6. The van der Waals surface area contributed by atoms with Crippen molar-refractivity contribution >= 4 is 55.9 Å². The first kappa shape index (κ1) is 44.0. The monoisotopic (exact) mass is 931 g/mol. The second kappa shape index (κ2) is 19.3. The molecule has 342 valence electrons. The van der Waals surface area contributed by atoms with Crippen LogP contribution in [0, 0.1) is 22.7 Å². The molecule has 0 saturated heterocycles. The zero-order valence-corrected chi connectivity index (χ0v) is 39.7. The van der Waals surface area contributed by atoms with E-state index in [0.29, 0.717) is 11.1 Å². The molecule has 0 N–H and O–H groups in total. The predicted molar refractivity (Wildman–Crippen MR) is 301 cm³/mol. The lowest BCUT2D eigenvalue weighted by molar-refractivity contribution is 1.18. The molecule has 0 aliphatic carbocycles. The van der Waals surface area contributed by atoms with E-state index < -0.39 is 0 Å². The Labute approximate surface area is 425 Å². The molecule has 0 amide bonds. The topological polar surface area (TPSA) is 59.0 Å². The highest BCUT2D eigenvalue weighted by molar-refractivity contribution is 6.11. The van der Waals surface area contributed by atoms with Crippen LogP contribution in [0.1, 0.15) is 11.1 Å². The van der Waals surface area contributed by atoms with E-state index in [2.05, 4.69) is 275 Å². The third kappa shape index (κ3) is 8.55. The summed E-state index contributed by atoms with van der Waals surface area (Å²) in [6.45, 7) is 0. The molecule has 0 spiro atoms. The summed E-state index contributed by atoms with van der Waals surface area (Å²) in [5.74, 6) is 0. The highest BCUT2D eigenvalue weighted by Gasteiger charge is 2.18. The van der Waals surface area contributed by atoms with Crippen LogP contribution in [-0.2, 0) is 0 Å². The average molecular weight is 932 g/mol. The Morgan fingerprint density at radius 2 is 0.548 bits per heavy atom. The summed E-state index contributed by atoms with van der Waals surface area (Å²) in [6, 6.07) is 100. The van der Waals surface area contributed by atoms with Crippen LogP contribution in [0.15, 0.2) is 273 Å². The van der Waals surface area contributed by atoms with Crippen molar-refractivity contribution in [2.24, 2.45) is 0 Å². The zero-order chi connectivity index (χ0) is 49.1. The summed E-state index contributed by atoms with van der Waals surface area (Å²) < 4.78 is 2.38. The molecule has 73 heavy (non-hydrogen) atoms. The summed E-state index contributed by atoms with van der Waals surface area (Å²) in [5, 5.41) is 21.3. The molecule has 0 unspecified atom stereocenters. The van der Waals surface area contributed by atoms with Crippen molar-refractivity contribution in [3.05, 3.63) is 284 Å². The molecule has 5 nitrogen and oxygen atoms in total. The summed E-state index contributed by atoms with van der Waals surface area (Å²) in [6.07, 6.45) is 0. The minimum atomic E-state index is 0.381. The first-order valence-corrected chi connectivity index (χ1v) is 24.4. The molecule has 0 atom stereocenters. The normalized spacial score (nSPS) is 11.0. The highest BCUT2D eigenvalue weighted by Crippen LogP contribution is 2.41. The second-order valence-corrected chi connectivity index (χ2v) is 18.0. The van der Waals surface area contributed by atoms with E-state index >= 15 is 0 Å². The van der Waals surface area contributed by atoms with Crippen LogP contribution in [-0.4, -0.2) is 4.57 Å². The van der Waals surface area contributed by atoms with Gasteiger partial charge in [-0.05, 0) is 166 Å². The van der Waals surface area contributed by atoms with E-state index in [1.165, 1.54) is 10.8 Å². The van der Waals surface area contributed by atoms with Crippen molar-refractivity contribution in [1.82, 2.24) is 4.57 Å².